The number of aromatic nitrogens is 1. The van der Waals surface area contributed by atoms with Crippen molar-refractivity contribution in [2.24, 2.45) is 0 Å². The molecule has 1 atom stereocenters. The number of rotatable bonds is 5. The van der Waals surface area contributed by atoms with E-state index in [0.29, 0.717) is 11.1 Å². The molecule has 3 aromatic rings. The maximum absolute atomic E-state index is 12.9. The van der Waals surface area contributed by atoms with E-state index in [1.807, 2.05) is 49.5 Å². The van der Waals surface area contributed by atoms with Crippen molar-refractivity contribution in [2.75, 3.05) is 31.2 Å². The van der Waals surface area contributed by atoms with Crippen molar-refractivity contribution in [3.05, 3.63) is 81.7 Å². The Morgan fingerprint density at radius 1 is 1.06 bits per heavy atom. The molecule has 0 N–H and O–H groups in total. The number of pyridine rings is 1. The summed E-state index contributed by atoms with van der Waals surface area (Å²) in [4.78, 5) is 17.5. The van der Waals surface area contributed by atoms with Crippen molar-refractivity contribution in [1.29, 1.82) is 0 Å². The molecule has 2 aliphatic heterocycles. The van der Waals surface area contributed by atoms with E-state index in [2.05, 4.69) is 21.9 Å². The van der Waals surface area contributed by atoms with E-state index in [0.717, 1.165) is 42.9 Å². The first-order chi connectivity index (χ1) is 15.0. The molecule has 0 spiro atoms. The molecule has 2 aromatic carbocycles. The van der Waals surface area contributed by atoms with Crippen molar-refractivity contribution < 1.29 is 4.39 Å². The number of alkyl halides is 1. The molecule has 0 amide bonds. The van der Waals surface area contributed by atoms with Gasteiger partial charge in [-0.2, -0.15) is 0 Å². The largest absolute Gasteiger partial charge is 0.365 e. The summed E-state index contributed by atoms with van der Waals surface area (Å²) >= 11 is 5.97. The summed E-state index contributed by atoms with van der Waals surface area (Å²) in [6, 6.07) is 17.8. The van der Waals surface area contributed by atoms with Crippen molar-refractivity contribution in [1.82, 2.24) is 9.47 Å². The van der Waals surface area contributed by atoms with Gasteiger partial charge in [-0.05, 0) is 66.4 Å². The minimum Gasteiger partial charge on any atom is -0.365 e. The Hall–Kier alpha value is -2.63. The first-order valence-corrected chi connectivity index (χ1v) is 11.1. The lowest BCUT2D eigenvalue weighted by Crippen LogP contribution is -2.62. The zero-order chi connectivity index (χ0) is 21.5. The number of anilines is 1. The fourth-order valence-corrected chi connectivity index (χ4v) is 4.73. The first-order valence-electron chi connectivity index (χ1n) is 10.7. The summed E-state index contributed by atoms with van der Waals surface area (Å²) in [5, 5.41) is 0.677. The molecule has 1 aromatic heterocycles. The third-order valence-corrected chi connectivity index (χ3v) is 6.80. The van der Waals surface area contributed by atoms with E-state index in [9.17, 15) is 9.18 Å². The van der Waals surface area contributed by atoms with Gasteiger partial charge >= 0.3 is 0 Å². The molecule has 1 saturated heterocycles. The van der Waals surface area contributed by atoms with Gasteiger partial charge in [0.2, 0.25) is 0 Å². The van der Waals surface area contributed by atoms with Crippen LogP contribution in [0.2, 0.25) is 5.02 Å². The van der Waals surface area contributed by atoms with Crippen LogP contribution in [0.5, 0.6) is 0 Å². The van der Waals surface area contributed by atoms with Crippen molar-refractivity contribution in [3.63, 3.8) is 0 Å². The van der Waals surface area contributed by atoms with E-state index >= 15 is 0 Å². The van der Waals surface area contributed by atoms with Gasteiger partial charge in [0.1, 0.15) is 6.67 Å². The highest BCUT2D eigenvalue weighted by atomic mass is 35.5. The van der Waals surface area contributed by atoms with Crippen LogP contribution < -0.4 is 10.5 Å². The number of likely N-dealkylation sites (tertiary alicyclic amines) is 1. The number of nitrogens with zero attached hydrogens (tertiary/aromatic N) is 3. The Morgan fingerprint density at radius 2 is 1.84 bits per heavy atom. The van der Waals surface area contributed by atoms with Crippen LogP contribution in [-0.2, 0) is 6.42 Å². The molecule has 31 heavy (non-hydrogen) atoms. The van der Waals surface area contributed by atoms with Crippen LogP contribution in [0.15, 0.2) is 65.6 Å². The van der Waals surface area contributed by atoms with Gasteiger partial charge in [0, 0.05) is 54.3 Å². The molecule has 0 radical (unpaired) electrons. The van der Waals surface area contributed by atoms with Gasteiger partial charge in [0.15, 0.2) is 0 Å². The molecule has 5 rings (SSSR count). The van der Waals surface area contributed by atoms with E-state index in [1.54, 1.807) is 10.6 Å². The molecule has 0 saturated carbocycles. The maximum Gasteiger partial charge on any atom is 0.255 e. The van der Waals surface area contributed by atoms with Crippen molar-refractivity contribution >= 4 is 17.3 Å². The molecular formula is C25H25ClFN3O. The molecule has 0 bridgehead atoms. The highest BCUT2D eigenvalue weighted by Crippen LogP contribution is 2.34. The number of fused-ring (bicyclic) bond motifs is 1. The molecular weight excluding hydrogens is 413 g/mol. The zero-order valence-electron chi connectivity index (χ0n) is 17.5. The molecule has 3 heterocycles. The number of hydrogen-bond acceptors (Lipinski definition) is 3. The molecule has 160 valence electrons. The molecule has 1 fully saturated rings. The van der Waals surface area contributed by atoms with Crippen LogP contribution >= 0.6 is 11.6 Å². The number of halogens is 2. The lowest BCUT2D eigenvalue weighted by molar-refractivity contribution is 0.0841. The van der Waals surface area contributed by atoms with Crippen LogP contribution in [0.1, 0.15) is 12.5 Å². The van der Waals surface area contributed by atoms with Crippen LogP contribution in [-0.4, -0.2) is 47.9 Å². The molecule has 0 aliphatic carbocycles. The molecule has 6 heteroatoms. The highest BCUT2D eigenvalue weighted by Gasteiger charge is 2.37. The van der Waals surface area contributed by atoms with Crippen LogP contribution in [0.3, 0.4) is 0 Å². The van der Waals surface area contributed by atoms with E-state index in [1.165, 1.54) is 11.3 Å². The number of hydrogen-bond donors (Lipinski definition) is 0. The van der Waals surface area contributed by atoms with Crippen LogP contribution in [0, 0.1) is 0 Å². The Kier molecular flexibility index (Phi) is 5.32. The zero-order valence-corrected chi connectivity index (χ0v) is 18.2. The van der Waals surface area contributed by atoms with Gasteiger partial charge in [-0.3, -0.25) is 14.3 Å². The van der Waals surface area contributed by atoms with Gasteiger partial charge in [-0.1, -0.05) is 23.7 Å². The van der Waals surface area contributed by atoms with E-state index in [-0.39, 0.29) is 18.3 Å². The fourth-order valence-electron chi connectivity index (χ4n) is 4.60. The average molecular weight is 438 g/mol. The molecule has 0 unspecified atom stereocenters. The summed E-state index contributed by atoms with van der Waals surface area (Å²) < 4.78 is 14.6. The SMILES string of the molecule is C[C@@H](CF)N1CC(N2CCc3cc(-n4ccc(-c5ccc(Cl)cc5)cc4=O)ccc32)C1. The second-order valence-electron chi connectivity index (χ2n) is 8.50. The highest BCUT2D eigenvalue weighted by molar-refractivity contribution is 6.30. The van der Waals surface area contributed by atoms with Crippen LogP contribution in [0.4, 0.5) is 10.1 Å². The van der Waals surface area contributed by atoms with Gasteiger partial charge in [-0.15, -0.1) is 0 Å². The molecule has 4 nitrogen and oxygen atoms in total. The number of benzene rings is 2. The quantitative estimate of drug-likeness (QED) is 0.585. The normalized spacial score (nSPS) is 17.5. The average Bonchev–Trinajstić information content (AvgIpc) is 3.16. The van der Waals surface area contributed by atoms with Gasteiger partial charge in [0.25, 0.3) is 5.56 Å². The predicted octanol–water partition coefficient (Wildman–Crippen LogP) is 4.56. The topological polar surface area (TPSA) is 28.5 Å². The first kappa shape index (κ1) is 20.3. The van der Waals surface area contributed by atoms with Gasteiger partial charge in [0.05, 0.1) is 6.04 Å². The second-order valence-corrected chi connectivity index (χ2v) is 8.93. The van der Waals surface area contributed by atoms with Gasteiger partial charge in [-0.25, -0.2) is 4.39 Å². The van der Waals surface area contributed by atoms with Crippen molar-refractivity contribution in [2.45, 2.75) is 25.4 Å². The van der Waals surface area contributed by atoms with E-state index in [4.69, 9.17) is 11.6 Å². The monoisotopic (exact) mass is 437 g/mol. The minimum absolute atomic E-state index is 0.00317. The Balaban J connectivity index is 1.36. The lowest BCUT2D eigenvalue weighted by Gasteiger charge is -2.47. The van der Waals surface area contributed by atoms with E-state index < -0.39 is 0 Å². The van der Waals surface area contributed by atoms with Gasteiger partial charge < -0.3 is 4.90 Å². The second kappa shape index (κ2) is 8.13. The summed E-state index contributed by atoms with van der Waals surface area (Å²) in [5.74, 6) is 0. The van der Waals surface area contributed by atoms with Crippen molar-refractivity contribution in [3.8, 4) is 16.8 Å². The fraction of sp³-hybridized carbons (Fsp3) is 0.320. The summed E-state index contributed by atoms with van der Waals surface area (Å²) in [6.07, 6.45) is 2.80. The third kappa shape index (κ3) is 3.77. The standard InChI is InChI=1S/C25H25ClFN3O/c1-17(14-27)28-15-23(16-28)29-10-9-20-12-22(6-7-24(20)29)30-11-8-19(13-25(30)31)18-2-4-21(26)5-3-18/h2-8,11-13,17,23H,9-10,14-16H2,1H3/t17-/m0/s1. The third-order valence-electron chi connectivity index (χ3n) is 6.55. The summed E-state index contributed by atoms with van der Waals surface area (Å²) in [5.41, 5.74) is 5.18. The predicted molar refractivity (Wildman–Crippen MR) is 124 cm³/mol. The Morgan fingerprint density at radius 3 is 2.55 bits per heavy atom. The summed E-state index contributed by atoms with van der Waals surface area (Å²) in [7, 11) is 0. The summed E-state index contributed by atoms with van der Waals surface area (Å²) in [6.45, 7) is 4.45. The van der Waals surface area contributed by atoms with Crippen LogP contribution in [0.25, 0.3) is 16.8 Å². The Bertz CT molecular complexity index is 1150. The maximum atomic E-state index is 12.9. The Labute approximate surface area is 186 Å². The lowest BCUT2D eigenvalue weighted by atomic mass is 10.0. The smallest absolute Gasteiger partial charge is 0.255 e. The minimum atomic E-state index is -0.293. The molecule has 2 aliphatic rings.